The monoisotopic (exact) mass is 432 g/mol. The van der Waals surface area contributed by atoms with Gasteiger partial charge >= 0.3 is 0 Å². The van der Waals surface area contributed by atoms with Crippen LogP contribution in [0.2, 0.25) is 0 Å². The van der Waals surface area contributed by atoms with Gasteiger partial charge in [0.25, 0.3) is 0 Å². The van der Waals surface area contributed by atoms with Crippen molar-refractivity contribution < 1.29 is 0 Å². The molecule has 0 heterocycles. The summed E-state index contributed by atoms with van der Waals surface area (Å²) in [4.78, 5) is 4.47. The van der Waals surface area contributed by atoms with E-state index in [1.165, 1.54) is 44.5 Å². The quantitative estimate of drug-likeness (QED) is 0.316. The zero-order valence-electron chi connectivity index (χ0n) is 20.0. The van der Waals surface area contributed by atoms with E-state index in [4.69, 9.17) is 0 Å². The zero-order valence-corrected chi connectivity index (χ0v) is 20.0. The summed E-state index contributed by atoms with van der Waals surface area (Å²) in [6.07, 6.45) is 0. The van der Waals surface area contributed by atoms with E-state index in [1.807, 2.05) is 0 Å². The molecule has 2 heteroatoms. The van der Waals surface area contributed by atoms with Gasteiger partial charge < -0.3 is 9.80 Å². The molecule has 0 N–H and O–H groups in total. The van der Waals surface area contributed by atoms with Gasteiger partial charge in [-0.2, -0.15) is 0 Å². The van der Waals surface area contributed by atoms with Crippen molar-refractivity contribution in [3.63, 3.8) is 0 Å². The van der Waals surface area contributed by atoms with Crippen LogP contribution >= 0.6 is 0 Å². The summed E-state index contributed by atoms with van der Waals surface area (Å²) in [5.74, 6) is 0. The first-order valence-electron chi connectivity index (χ1n) is 11.7. The maximum Gasteiger partial charge on any atom is 0.0713 e. The van der Waals surface area contributed by atoms with Gasteiger partial charge in [-0.05, 0) is 72.7 Å². The van der Waals surface area contributed by atoms with Crippen LogP contribution in [0.15, 0.2) is 97.1 Å². The van der Waals surface area contributed by atoms with Crippen LogP contribution in [0.25, 0.3) is 11.1 Å². The van der Waals surface area contributed by atoms with Crippen molar-refractivity contribution in [1.29, 1.82) is 0 Å². The van der Waals surface area contributed by atoms with Gasteiger partial charge in [0, 0.05) is 13.1 Å². The van der Waals surface area contributed by atoms with E-state index in [-0.39, 0.29) is 5.41 Å². The molecule has 0 radical (unpaired) electrons. The Bertz CT molecular complexity index is 1180. The van der Waals surface area contributed by atoms with Crippen molar-refractivity contribution in [2.75, 3.05) is 28.2 Å². The zero-order chi connectivity index (χ0) is 23.0. The third-order valence-corrected chi connectivity index (χ3v) is 6.67. The fraction of sp³-hybridized carbons (Fsp3) is 0.226. The molecule has 1 aliphatic carbocycles. The third-order valence-electron chi connectivity index (χ3n) is 6.67. The third kappa shape index (κ3) is 3.70. The molecule has 0 aliphatic heterocycles. The first kappa shape index (κ1) is 21.6. The molecule has 5 rings (SSSR count). The Hall–Kier alpha value is -3.20. The Morgan fingerprint density at radius 3 is 1.36 bits per heavy atom. The van der Waals surface area contributed by atoms with Crippen molar-refractivity contribution in [3.05, 3.63) is 130 Å². The minimum absolute atomic E-state index is 0.335. The summed E-state index contributed by atoms with van der Waals surface area (Å²) in [6, 6.07) is 36.3. The van der Waals surface area contributed by atoms with Crippen LogP contribution in [-0.2, 0) is 18.5 Å². The molecule has 0 saturated heterocycles. The summed E-state index contributed by atoms with van der Waals surface area (Å²) in [6.45, 7) is 1.85. The van der Waals surface area contributed by atoms with Crippen LogP contribution < -0.4 is 0 Å². The molecule has 166 valence electrons. The average molecular weight is 433 g/mol. The van der Waals surface area contributed by atoms with Gasteiger partial charge in [-0.3, -0.25) is 0 Å². The standard InChI is InChI=1S/C31H32N2/c1-32(2)21-23-11-9-13-25(19-23)31(26-14-10-12-24(20-26)22-33(3)4)29-17-7-5-15-27(29)28-16-6-8-18-30(28)31/h5-20H,21-22H2,1-4H3. The summed E-state index contributed by atoms with van der Waals surface area (Å²) < 4.78 is 0. The molecular formula is C31H32N2. The Labute approximate surface area is 198 Å². The van der Waals surface area contributed by atoms with Crippen molar-refractivity contribution in [2.45, 2.75) is 18.5 Å². The van der Waals surface area contributed by atoms with Crippen LogP contribution in [0.3, 0.4) is 0 Å². The van der Waals surface area contributed by atoms with Crippen LogP contribution in [0.5, 0.6) is 0 Å². The van der Waals surface area contributed by atoms with Gasteiger partial charge in [-0.25, -0.2) is 0 Å². The smallest absolute Gasteiger partial charge is 0.0713 e. The second-order valence-electron chi connectivity index (χ2n) is 9.72. The second kappa shape index (κ2) is 8.62. The summed E-state index contributed by atoms with van der Waals surface area (Å²) in [7, 11) is 8.53. The fourth-order valence-electron chi connectivity index (χ4n) is 5.56. The van der Waals surface area contributed by atoms with E-state index < -0.39 is 0 Å². The van der Waals surface area contributed by atoms with Gasteiger partial charge in [-0.1, -0.05) is 97.1 Å². The minimum atomic E-state index is -0.335. The topological polar surface area (TPSA) is 6.48 Å². The molecule has 4 aromatic carbocycles. The molecule has 2 nitrogen and oxygen atoms in total. The summed E-state index contributed by atoms with van der Waals surface area (Å²) in [5, 5.41) is 0. The number of hydrogen-bond donors (Lipinski definition) is 0. The lowest BCUT2D eigenvalue weighted by atomic mass is 9.67. The summed E-state index contributed by atoms with van der Waals surface area (Å²) in [5.41, 5.74) is 10.4. The van der Waals surface area contributed by atoms with Crippen molar-refractivity contribution in [3.8, 4) is 11.1 Å². The Morgan fingerprint density at radius 2 is 0.939 bits per heavy atom. The highest BCUT2D eigenvalue weighted by molar-refractivity contribution is 5.86. The molecule has 0 aromatic heterocycles. The second-order valence-corrected chi connectivity index (χ2v) is 9.72. The molecule has 0 spiro atoms. The number of rotatable bonds is 6. The molecule has 33 heavy (non-hydrogen) atoms. The molecule has 0 atom stereocenters. The largest absolute Gasteiger partial charge is 0.305 e. The van der Waals surface area contributed by atoms with E-state index in [0.717, 1.165) is 13.1 Å². The highest BCUT2D eigenvalue weighted by Gasteiger charge is 2.45. The summed E-state index contributed by atoms with van der Waals surface area (Å²) >= 11 is 0. The maximum absolute atomic E-state index is 2.41. The lowest BCUT2D eigenvalue weighted by Crippen LogP contribution is -2.29. The number of hydrogen-bond acceptors (Lipinski definition) is 2. The van der Waals surface area contributed by atoms with E-state index >= 15 is 0 Å². The highest BCUT2D eigenvalue weighted by atomic mass is 15.1. The molecule has 0 bridgehead atoms. The Kier molecular flexibility index (Phi) is 5.65. The van der Waals surface area contributed by atoms with Gasteiger partial charge in [0.15, 0.2) is 0 Å². The molecule has 1 aliphatic rings. The van der Waals surface area contributed by atoms with Gasteiger partial charge in [0.2, 0.25) is 0 Å². The molecule has 0 amide bonds. The lowest BCUT2D eigenvalue weighted by Gasteiger charge is -2.34. The number of fused-ring (bicyclic) bond motifs is 3. The SMILES string of the molecule is CN(C)Cc1cccc(C2(c3cccc(CN(C)C)c3)c3ccccc3-c3ccccc32)c1. The molecule has 0 fully saturated rings. The fourth-order valence-corrected chi connectivity index (χ4v) is 5.56. The predicted molar refractivity (Wildman–Crippen MR) is 139 cm³/mol. The van der Waals surface area contributed by atoms with Crippen molar-refractivity contribution in [2.24, 2.45) is 0 Å². The van der Waals surface area contributed by atoms with Crippen LogP contribution in [0.4, 0.5) is 0 Å². The maximum atomic E-state index is 2.41. The van der Waals surface area contributed by atoms with E-state index in [0.29, 0.717) is 0 Å². The average Bonchev–Trinajstić information content (AvgIpc) is 3.10. The van der Waals surface area contributed by atoms with Gasteiger partial charge in [-0.15, -0.1) is 0 Å². The molecule has 4 aromatic rings. The van der Waals surface area contributed by atoms with E-state index in [9.17, 15) is 0 Å². The van der Waals surface area contributed by atoms with Crippen LogP contribution in [0, 0.1) is 0 Å². The van der Waals surface area contributed by atoms with E-state index in [2.05, 4.69) is 135 Å². The Morgan fingerprint density at radius 1 is 0.515 bits per heavy atom. The van der Waals surface area contributed by atoms with E-state index in [1.54, 1.807) is 0 Å². The first-order chi connectivity index (χ1) is 16.0. The predicted octanol–water partition coefficient (Wildman–Crippen LogP) is 6.17. The highest BCUT2D eigenvalue weighted by Crippen LogP contribution is 2.56. The van der Waals surface area contributed by atoms with Gasteiger partial charge in [0.1, 0.15) is 0 Å². The normalized spacial score (nSPS) is 13.9. The van der Waals surface area contributed by atoms with Crippen molar-refractivity contribution in [1.82, 2.24) is 9.80 Å². The van der Waals surface area contributed by atoms with Crippen molar-refractivity contribution >= 4 is 0 Å². The molecular weight excluding hydrogens is 400 g/mol. The van der Waals surface area contributed by atoms with Crippen LogP contribution in [0.1, 0.15) is 33.4 Å². The molecule has 0 saturated carbocycles. The lowest BCUT2D eigenvalue weighted by molar-refractivity contribution is 0.402. The van der Waals surface area contributed by atoms with Gasteiger partial charge in [0.05, 0.1) is 5.41 Å². The minimum Gasteiger partial charge on any atom is -0.305 e. The molecule has 0 unspecified atom stereocenters. The number of benzene rings is 4. The number of nitrogens with zero attached hydrogens (tertiary/aromatic N) is 2. The van der Waals surface area contributed by atoms with Crippen LogP contribution in [-0.4, -0.2) is 38.0 Å². The Balaban J connectivity index is 1.84. The first-order valence-corrected chi connectivity index (χ1v) is 11.7.